The summed E-state index contributed by atoms with van der Waals surface area (Å²) in [6.45, 7) is 6.43. The molecule has 84 valence electrons. The number of aryl methyl sites for hydroxylation is 1. The molecular weight excluding hydrogens is 272 g/mol. The van der Waals surface area contributed by atoms with Crippen LogP contribution in [0.2, 0.25) is 0 Å². The molecule has 0 fully saturated rings. The molecule has 0 amide bonds. The first-order valence-corrected chi connectivity index (χ1v) is 7.05. The van der Waals surface area contributed by atoms with Gasteiger partial charge < -0.3 is 5.32 Å². The fourth-order valence-electron chi connectivity index (χ4n) is 1.21. The number of thioether (sulfide) groups is 1. The Kier molecular flexibility index (Phi) is 5.47. The van der Waals surface area contributed by atoms with Gasteiger partial charge in [-0.3, -0.25) is 0 Å². The van der Waals surface area contributed by atoms with Crippen LogP contribution in [0.15, 0.2) is 16.7 Å². The van der Waals surface area contributed by atoms with E-state index >= 15 is 0 Å². The normalized spacial score (nSPS) is 12.5. The van der Waals surface area contributed by atoms with Crippen molar-refractivity contribution < 1.29 is 0 Å². The molecule has 0 saturated heterocycles. The molecule has 1 aromatic rings. The van der Waals surface area contributed by atoms with Gasteiger partial charge in [0.1, 0.15) is 5.82 Å². The largest absolute Gasteiger partial charge is 0.366 e. The molecule has 0 saturated carbocycles. The highest BCUT2D eigenvalue weighted by Crippen LogP contribution is 2.24. The molecule has 15 heavy (non-hydrogen) atoms. The summed E-state index contributed by atoms with van der Waals surface area (Å²) < 4.78 is 1.07. The van der Waals surface area contributed by atoms with Crippen LogP contribution in [-0.2, 0) is 0 Å². The number of hydrogen-bond acceptors (Lipinski definition) is 3. The summed E-state index contributed by atoms with van der Waals surface area (Å²) in [6.07, 6.45) is 1.84. The summed E-state index contributed by atoms with van der Waals surface area (Å²) in [6, 6.07) is 2.45. The minimum atomic E-state index is 0.445. The van der Waals surface area contributed by atoms with E-state index in [1.807, 2.05) is 24.0 Å². The molecule has 1 atom stereocenters. The quantitative estimate of drug-likeness (QED) is 0.894. The van der Waals surface area contributed by atoms with E-state index in [9.17, 15) is 0 Å². The Morgan fingerprint density at radius 2 is 2.33 bits per heavy atom. The fourth-order valence-corrected chi connectivity index (χ4v) is 2.23. The van der Waals surface area contributed by atoms with E-state index in [0.717, 1.165) is 21.8 Å². The number of rotatable bonds is 5. The average molecular weight is 289 g/mol. The summed E-state index contributed by atoms with van der Waals surface area (Å²) in [7, 11) is 0. The van der Waals surface area contributed by atoms with E-state index in [0.29, 0.717) is 6.04 Å². The zero-order valence-electron chi connectivity index (χ0n) is 9.38. The van der Waals surface area contributed by atoms with E-state index < -0.39 is 0 Å². The van der Waals surface area contributed by atoms with Crippen LogP contribution >= 0.6 is 27.7 Å². The average Bonchev–Trinajstić information content (AvgIpc) is 2.22. The van der Waals surface area contributed by atoms with E-state index in [1.165, 1.54) is 5.56 Å². The number of nitrogens with zero attached hydrogens (tertiary/aromatic N) is 1. The van der Waals surface area contributed by atoms with Crippen LogP contribution in [0, 0.1) is 6.92 Å². The topological polar surface area (TPSA) is 24.9 Å². The van der Waals surface area contributed by atoms with Crippen molar-refractivity contribution in [2.24, 2.45) is 0 Å². The Morgan fingerprint density at radius 1 is 1.60 bits per heavy atom. The molecule has 1 rings (SSSR count). The van der Waals surface area contributed by atoms with Gasteiger partial charge in [0.25, 0.3) is 0 Å². The highest BCUT2D eigenvalue weighted by atomic mass is 79.9. The first-order chi connectivity index (χ1) is 7.15. The summed E-state index contributed by atoms with van der Waals surface area (Å²) in [4.78, 5) is 4.32. The first-order valence-electron chi connectivity index (χ1n) is 5.10. The highest BCUT2D eigenvalue weighted by Gasteiger charge is 2.07. The molecule has 4 heteroatoms. The molecule has 1 aromatic heterocycles. The lowest BCUT2D eigenvalue weighted by molar-refractivity contribution is 0.899. The van der Waals surface area contributed by atoms with Crippen molar-refractivity contribution in [1.82, 2.24) is 4.98 Å². The standard InChI is InChI=1S/C11H17BrN2S/c1-4-15-7-9(3)14-11-10(12)8(2)5-6-13-11/h5-6,9H,4,7H2,1-3H3,(H,13,14). The molecule has 0 aliphatic rings. The van der Waals surface area contributed by atoms with Gasteiger partial charge in [-0.05, 0) is 47.2 Å². The molecule has 0 bridgehead atoms. The van der Waals surface area contributed by atoms with Gasteiger partial charge in [-0.15, -0.1) is 0 Å². The molecule has 1 heterocycles. The number of nitrogens with one attached hydrogen (secondary N) is 1. The maximum absolute atomic E-state index is 4.32. The Bertz CT molecular complexity index is 317. The minimum absolute atomic E-state index is 0.445. The molecule has 1 unspecified atom stereocenters. The zero-order chi connectivity index (χ0) is 11.3. The smallest absolute Gasteiger partial charge is 0.140 e. The lowest BCUT2D eigenvalue weighted by Crippen LogP contribution is -2.19. The van der Waals surface area contributed by atoms with Crippen LogP contribution in [0.5, 0.6) is 0 Å². The zero-order valence-corrected chi connectivity index (χ0v) is 11.8. The van der Waals surface area contributed by atoms with Gasteiger partial charge in [0.15, 0.2) is 0 Å². The summed E-state index contributed by atoms with van der Waals surface area (Å²) in [5, 5.41) is 3.41. The molecular formula is C11H17BrN2S. The van der Waals surface area contributed by atoms with Crippen molar-refractivity contribution in [2.45, 2.75) is 26.8 Å². The van der Waals surface area contributed by atoms with Crippen molar-refractivity contribution in [3.05, 3.63) is 22.3 Å². The van der Waals surface area contributed by atoms with Crippen molar-refractivity contribution in [2.75, 3.05) is 16.8 Å². The number of hydrogen-bond donors (Lipinski definition) is 1. The number of aromatic nitrogens is 1. The molecule has 0 aliphatic carbocycles. The van der Waals surface area contributed by atoms with Crippen molar-refractivity contribution in [3.63, 3.8) is 0 Å². The Hall–Kier alpha value is -0.220. The Balaban J connectivity index is 2.60. The van der Waals surface area contributed by atoms with Crippen LogP contribution in [0.4, 0.5) is 5.82 Å². The van der Waals surface area contributed by atoms with Gasteiger partial charge in [0.2, 0.25) is 0 Å². The van der Waals surface area contributed by atoms with Gasteiger partial charge >= 0.3 is 0 Å². The fraction of sp³-hybridized carbons (Fsp3) is 0.545. The molecule has 0 radical (unpaired) electrons. The second-order valence-corrected chi connectivity index (χ2v) is 5.61. The number of anilines is 1. The van der Waals surface area contributed by atoms with Gasteiger partial charge in [0, 0.05) is 18.0 Å². The van der Waals surface area contributed by atoms with Crippen molar-refractivity contribution in [1.29, 1.82) is 0 Å². The third kappa shape index (κ3) is 4.03. The van der Waals surface area contributed by atoms with Crippen LogP contribution in [-0.4, -0.2) is 22.5 Å². The Morgan fingerprint density at radius 3 is 3.00 bits per heavy atom. The second-order valence-electron chi connectivity index (χ2n) is 3.50. The van der Waals surface area contributed by atoms with Crippen LogP contribution in [0.25, 0.3) is 0 Å². The van der Waals surface area contributed by atoms with E-state index in [1.54, 1.807) is 0 Å². The maximum atomic E-state index is 4.32. The molecule has 0 aliphatic heterocycles. The summed E-state index contributed by atoms with van der Waals surface area (Å²) >= 11 is 5.48. The second kappa shape index (κ2) is 6.38. The summed E-state index contributed by atoms with van der Waals surface area (Å²) in [5.41, 5.74) is 1.21. The van der Waals surface area contributed by atoms with Crippen molar-refractivity contribution >= 4 is 33.5 Å². The lowest BCUT2D eigenvalue weighted by Gasteiger charge is -2.15. The van der Waals surface area contributed by atoms with Gasteiger partial charge in [0.05, 0.1) is 4.47 Å². The van der Waals surface area contributed by atoms with Crippen LogP contribution in [0.1, 0.15) is 19.4 Å². The summed E-state index contributed by atoms with van der Waals surface area (Å²) in [5.74, 6) is 3.21. The third-order valence-electron chi connectivity index (χ3n) is 2.04. The van der Waals surface area contributed by atoms with Crippen LogP contribution in [0.3, 0.4) is 0 Å². The maximum Gasteiger partial charge on any atom is 0.140 e. The van der Waals surface area contributed by atoms with Gasteiger partial charge in [-0.1, -0.05) is 6.92 Å². The van der Waals surface area contributed by atoms with E-state index in [4.69, 9.17) is 0 Å². The number of pyridine rings is 1. The monoisotopic (exact) mass is 288 g/mol. The molecule has 0 aromatic carbocycles. The highest BCUT2D eigenvalue weighted by molar-refractivity contribution is 9.10. The SMILES string of the molecule is CCSCC(C)Nc1nccc(C)c1Br. The first kappa shape index (κ1) is 12.8. The Labute approximate surface area is 104 Å². The van der Waals surface area contributed by atoms with Gasteiger partial charge in [-0.2, -0.15) is 11.8 Å². The molecule has 1 N–H and O–H groups in total. The molecule has 2 nitrogen and oxygen atoms in total. The molecule has 0 spiro atoms. The van der Waals surface area contributed by atoms with Gasteiger partial charge in [-0.25, -0.2) is 4.98 Å². The van der Waals surface area contributed by atoms with Crippen molar-refractivity contribution in [3.8, 4) is 0 Å². The van der Waals surface area contributed by atoms with E-state index in [-0.39, 0.29) is 0 Å². The number of halogens is 1. The van der Waals surface area contributed by atoms with Crippen LogP contribution < -0.4 is 5.32 Å². The third-order valence-corrected chi connectivity index (χ3v) is 4.18. The predicted octanol–water partition coefficient (Wildman–Crippen LogP) is 3.71. The van der Waals surface area contributed by atoms with E-state index in [2.05, 4.69) is 47.0 Å². The predicted molar refractivity (Wildman–Crippen MR) is 72.8 cm³/mol. The minimum Gasteiger partial charge on any atom is -0.366 e. The lowest BCUT2D eigenvalue weighted by atomic mass is 10.3.